The lowest BCUT2D eigenvalue weighted by Crippen LogP contribution is -2.24. The van der Waals surface area contributed by atoms with Crippen molar-refractivity contribution in [2.75, 3.05) is 6.61 Å². The molecule has 1 aromatic heterocycles. The van der Waals surface area contributed by atoms with Crippen molar-refractivity contribution in [1.82, 2.24) is 4.98 Å². The molecule has 23 heavy (non-hydrogen) atoms. The Kier molecular flexibility index (Phi) is 5.13. The summed E-state index contributed by atoms with van der Waals surface area (Å²) < 4.78 is 11.1. The molecule has 0 bridgehead atoms. The van der Waals surface area contributed by atoms with Gasteiger partial charge in [0.25, 0.3) is 0 Å². The molecule has 0 unspecified atom stereocenters. The molecule has 7 heteroatoms. The van der Waals surface area contributed by atoms with Crippen molar-refractivity contribution in [2.45, 2.75) is 26.6 Å². The predicted octanol–water partition coefficient (Wildman–Crippen LogP) is 5.47. The summed E-state index contributed by atoms with van der Waals surface area (Å²) in [5.74, 6) is -0.0751. The van der Waals surface area contributed by atoms with Crippen molar-refractivity contribution in [1.29, 1.82) is 0 Å². The monoisotopic (exact) mass is 371 g/mol. The van der Waals surface area contributed by atoms with E-state index in [0.717, 1.165) is 0 Å². The molecule has 0 fully saturated rings. The molecule has 124 valence electrons. The van der Waals surface area contributed by atoms with Crippen LogP contribution in [-0.4, -0.2) is 25.9 Å². The van der Waals surface area contributed by atoms with E-state index < -0.39 is 14.3 Å². The minimum Gasteiger partial charge on any atom is -0.544 e. The van der Waals surface area contributed by atoms with E-state index in [1.54, 1.807) is 19.1 Å². The Morgan fingerprint density at radius 2 is 1.96 bits per heavy atom. The highest BCUT2D eigenvalue weighted by atomic mass is 35.5. The quantitative estimate of drug-likeness (QED) is 0.430. The van der Waals surface area contributed by atoms with Gasteiger partial charge < -0.3 is 14.1 Å². The number of esters is 1. The minimum absolute atomic E-state index is 0.267. The Labute approximate surface area is 146 Å². The van der Waals surface area contributed by atoms with Gasteiger partial charge in [0.2, 0.25) is 8.32 Å². The molecule has 0 spiro atoms. The molecule has 0 atom stereocenters. The van der Waals surface area contributed by atoms with E-state index in [0.29, 0.717) is 32.3 Å². The van der Waals surface area contributed by atoms with Crippen molar-refractivity contribution >= 4 is 54.2 Å². The number of aromatic nitrogens is 1. The van der Waals surface area contributed by atoms with E-state index in [2.05, 4.69) is 11.6 Å². The van der Waals surface area contributed by atoms with Gasteiger partial charge in [0.1, 0.15) is 11.5 Å². The number of aromatic amines is 1. The van der Waals surface area contributed by atoms with E-state index in [9.17, 15) is 4.79 Å². The molecule has 0 saturated carbocycles. The number of benzene rings is 1. The second-order valence-electron chi connectivity index (χ2n) is 6.04. The Morgan fingerprint density at radius 3 is 2.52 bits per heavy atom. The highest BCUT2D eigenvalue weighted by molar-refractivity contribution is 6.70. The normalized spacial score (nSPS) is 11.6. The summed E-state index contributed by atoms with van der Waals surface area (Å²) in [5.41, 5.74) is 1.44. The van der Waals surface area contributed by atoms with Crippen LogP contribution in [0.2, 0.25) is 29.7 Å². The van der Waals surface area contributed by atoms with Crippen LogP contribution in [0.1, 0.15) is 23.0 Å². The second kappa shape index (κ2) is 6.59. The second-order valence-corrected chi connectivity index (χ2v) is 11.3. The fourth-order valence-electron chi connectivity index (χ4n) is 2.30. The number of fused-ring (bicyclic) bond motifs is 1. The van der Waals surface area contributed by atoms with Crippen LogP contribution in [0.3, 0.4) is 0 Å². The molecule has 1 aromatic carbocycles. The summed E-state index contributed by atoms with van der Waals surface area (Å²) in [7, 11) is -1.90. The van der Waals surface area contributed by atoms with Gasteiger partial charge in [-0.1, -0.05) is 29.8 Å². The maximum absolute atomic E-state index is 12.3. The summed E-state index contributed by atoms with van der Waals surface area (Å²) in [6.07, 6.45) is 0. The number of hydrogen-bond donors (Lipinski definition) is 1. The molecule has 0 aliphatic carbocycles. The minimum atomic E-state index is -1.90. The largest absolute Gasteiger partial charge is 0.544 e. The first kappa shape index (κ1) is 17.9. The first-order valence-electron chi connectivity index (χ1n) is 7.20. The van der Waals surface area contributed by atoms with Gasteiger partial charge in [-0.3, -0.25) is 0 Å². The maximum Gasteiger partial charge on any atom is 0.355 e. The average molecular weight is 372 g/mol. The first-order chi connectivity index (χ1) is 10.6. The van der Waals surface area contributed by atoms with Crippen LogP contribution in [-0.2, 0) is 9.16 Å². The van der Waals surface area contributed by atoms with Gasteiger partial charge >= 0.3 is 5.97 Å². The topological polar surface area (TPSA) is 51.3 Å². The third kappa shape index (κ3) is 3.91. The third-order valence-electron chi connectivity index (χ3n) is 3.00. The average Bonchev–Trinajstić information content (AvgIpc) is 2.76. The standard InChI is InChI=1S/C16H19Cl2NO3Si/c1-6-21-16(20)15-13(9(2)22-23(3,4)5)14-11(18)7-10(17)8-12(14)19-15/h7-8,19H,2,6H2,1,3-5H3. The Bertz CT molecular complexity index is 778. The number of hydrogen-bond acceptors (Lipinski definition) is 3. The van der Waals surface area contributed by atoms with Gasteiger partial charge in [-0.05, 0) is 38.7 Å². The highest BCUT2D eigenvalue weighted by Crippen LogP contribution is 2.37. The molecule has 0 radical (unpaired) electrons. The van der Waals surface area contributed by atoms with Crippen molar-refractivity contribution < 1.29 is 14.0 Å². The number of carbonyl (C=O) groups excluding carboxylic acids is 1. The molecule has 4 nitrogen and oxygen atoms in total. The number of H-pyrrole nitrogens is 1. The van der Waals surface area contributed by atoms with Crippen LogP contribution < -0.4 is 0 Å². The zero-order valence-electron chi connectivity index (χ0n) is 13.5. The molecule has 1 N–H and O–H groups in total. The number of ether oxygens (including phenoxy) is 1. The maximum atomic E-state index is 12.3. The molecule has 0 aliphatic heterocycles. The van der Waals surface area contributed by atoms with Crippen LogP contribution in [0.25, 0.3) is 16.7 Å². The SMILES string of the molecule is C=C(O[Si](C)(C)C)c1c(C(=O)OCC)[nH]c2cc(Cl)cc(Cl)c12. The summed E-state index contributed by atoms with van der Waals surface area (Å²) in [5, 5.41) is 1.56. The van der Waals surface area contributed by atoms with Crippen LogP contribution in [0.5, 0.6) is 0 Å². The van der Waals surface area contributed by atoms with Crippen LogP contribution in [0.4, 0.5) is 0 Å². The van der Waals surface area contributed by atoms with Crippen molar-refractivity contribution in [3.05, 3.63) is 40.0 Å². The van der Waals surface area contributed by atoms with Gasteiger partial charge in [-0.2, -0.15) is 0 Å². The van der Waals surface area contributed by atoms with Crippen molar-refractivity contribution in [2.24, 2.45) is 0 Å². The van der Waals surface area contributed by atoms with E-state index >= 15 is 0 Å². The summed E-state index contributed by atoms with van der Waals surface area (Å²) in [4.78, 5) is 15.3. The van der Waals surface area contributed by atoms with Gasteiger partial charge in [-0.25, -0.2) is 4.79 Å². The fraction of sp³-hybridized carbons (Fsp3) is 0.312. The Balaban J connectivity index is 2.69. The Morgan fingerprint density at radius 1 is 1.30 bits per heavy atom. The lowest BCUT2D eigenvalue weighted by molar-refractivity contribution is 0.0520. The number of nitrogens with one attached hydrogen (secondary N) is 1. The summed E-state index contributed by atoms with van der Waals surface area (Å²) in [6.45, 7) is 12.1. The van der Waals surface area contributed by atoms with E-state index in [1.165, 1.54) is 0 Å². The Hall–Kier alpha value is -1.43. The van der Waals surface area contributed by atoms with Gasteiger partial charge in [0.15, 0.2) is 0 Å². The lowest BCUT2D eigenvalue weighted by Gasteiger charge is -2.21. The van der Waals surface area contributed by atoms with Crippen molar-refractivity contribution in [3.63, 3.8) is 0 Å². The molecular formula is C16H19Cl2NO3Si. The number of rotatable bonds is 5. The van der Waals surface area contributed by atoms with Crippen LogP contribution in [0, 0.1) is 0 Å². The van der Waals surface area contributed by atoms with E-state index in [4.69, 9.17) is 32.4 Å². The van der Waals surface area contributed by atoms with Gasteiger partial charge in [0.05, 0.1) is 17.2 Å². The van der Waals surface area contributed by atoms with E-state index in [-0.39, 0.29) is 12.3 Å². The third-order valence-corrected chi connectivity index (χ3v) is 4.38. The summed E-state index contributed by atoms with van der Waals surface area (Å²) in [6, 6.07) is 3.33. The fourth-order valence-corrected chi connectivity index (χ4v) is 3.73. The molecule has 0 saturated heterocycles. The molecule has 2 aromatic rings. The summed E-state index contributed by atoms with van der Waals surface area (Å²) >= 11 is 12.4. The molecule has 0 aliphatic rings. The first-order valence-corrected chi connectivity index (χ1v) is 11.4. The predicted molar refractivity (Wildman–Crippen MR) is 97.7 cm³/mol. The molecular weight excluding hydrogens is 353 g/mol. The van der Waals surface area contributed by atoms with Crippen molar-refractivity contribution in [3.8, 4) is 0 Å². The molecule has 0 amide bonds. The smallest absolute Gasteiger partial charge is 0.355 e. The van der Waals surface area contributed by atoms with Crippen LogP contribution in [0.15, 0.2) is 18.7 Å². The number of halogens is 2. The van der Waals surface area contributed by atoms with Gasteiger partial charge in [-0.15, -0.1) is 0 Å². The zero-order chi connectivity index (χ0) is 17.4. The van der Waals surface area contributed by atoms with E-state index in [1.807, 2.05) is 19.6 Å². The number of carbonyl (C=O) groups is 1. The van der Waals surface area contributed by atoms with Crippen LogP contribution >= 0.6 is 23.2 Å². The molecule has 1 heterocycles. The molecule has 2 rings (SSSR count). The zero-order valence-corrected chi connectivity index (χ0v) is 16.1. The highest BCUT2D eigenvalue weighted by Gasteiger charge is 2.26. The van der Waals surface area contributed by atoms with Gasteiger partial charge in [0, 0.05) is 15.9 Å². The lowest BCUT2D eigenvalue weighted by atomic mass is 10.1.